The first-order chi connectivity index (χ1) is 14.8. The maximum Gasteiger partial charge on any atom is 0.435 e. The molecule has 7 heteroatoms. The number of ether oxygens (including phenoxy) is 1. The molecule has 160 valence electrons. The third-order valence-electron chi connectivity index (χ3n) is 4.98. The normalized spacial score (nSPS) is 11.9. The lowest BCUT2D eigenvalue weighted by Gasteiger charge is -2.19. The van der Waals surface area contributed by atoms with Gasteiger partial charge in [0, 0.05) is 11.8 Å². The maximum atomic E-state index is 13.3. The molecule has 0 N–H and O–H groups in total. The summed E-state index contributed by atoms with van der Waals surface area (Å²) >= 11 is 0. The standard InChI is InChI=1S/C24H26N4O3/c1-5-6-11-21-26-19-10-8-7-9-18(19)22(29)27(21)17-12-13-20-16(14-17)15-25-28(20)23(30)31-24(2,3)4/h7-10,12-15H,5-6,11H2,1-4H3. The maximum absolute atomic E-state index is 13.3. The van der Waals surface area contributed by atoms with E-state index in [9.17, 15) is 9.59 Å². The van der Waals surface area contributed by atoms with Crippen LogP contribution in [-0.4, -0.2) is 31.0 Å². The predicted molar refractivity (Wildman–Crippen MR) is 121 cm³/mol. The van der Waals surface area contributed by atoms with Crippen LogP contribution in [0.15, 0.2) is 53.5 Å². The van der Waals surface area contributed by atoms with Gasteiger partial charge in [0.25, 0.3) is 5.56 Å². The van der Waals surface area contributed by atoms with Gasteiger partial charge >= 0.3 is 6.09 Å². The molecular formula is C24H26N4O3. The molecule has 31 heavy (non-hydrogen) atoms. The predicted octanol–water partition coefficient (Wildman–Crippen LogP) is 4.86. The number of unbranched alkanes of at least 4 members (excludes halogenated alkanes) is 1. The van der Waals surface area contributed by atoms with Crippen LogP contribution in [0.3, 0.4) is 0 Å². The van der Waals surface area contributed by atoms with Crippen LogP contribution in [0.5, 0.6) is 0 Å². The highest BCUT2D eigenvalue weighted by molar-refractivity contribution is 5.89. The molecule has 0 atom stereocenters. The van der Waals surface area contributed by atoms with Gasteiger partial charge in [-0.1, -0.05) is 25.5 Å². The zero-order valence-corrected chi connectivity index (χ0v) is 18.3. The molecule has 4 aromatic rings. The van der Waals surface area contributed by atoms with E-state index in [4.69, 9.17) is 9.72 Å². The zero-order chi connectivity index (χ0) is 22.2. The number of hydrogen-bond acceptors (Lipinski definition) is 5. The Balaban J connectivity index is 1.84. The van der Waals surface area contributed by atoms with Crippen molar-refractivity contribution >= 4 is 27.9 Å². The summed E-state index contributed by atoms with van der Waals surface area (Å²) in [5.74, 6) is 0.726. The van der Waals surface area contributed by atoms with Crippen LogP contribution >= 0.6 is 0 Å². The van der Waals surface area contributed by atoms with E-state index in [1.807, 2.05) is 51.1 Å². The van der Waals surface area contributed by atoms with E-state index in [2.05, 4.69) is 12.0 Å². The van der Waals surface area contributed by atoms with E-state index in [1.165, 1.54) is 4.68 Å². The first-order valence-corrected chi connectivity index (χ1v) is 10.5. The first-order valence-electron chi connectivity index (χ1n) is 10.5. The van der Waals surface area contributed by atoms with Gasteiger partial charge < -0.3 is 4.74 Å². The fraction of sp³-hybridized carbons (Fsp3) is 0.333. The molecule has 0 aliphatic heterocycles. The molecule has 4 rings (SSSR count). The van der Waals surface area contributed by atoms with Crippen LogP contribution in [0, 0.1) is 0 Å². The molecule has 0 unspecified atom stereocenters. The summed E-state index contributed by atoms with van der Waals surface area (Å²) in [5, 5.41) is 5.51. The minimum atomic E-state index is -0.618. The second kappa shape index (κ2) is 7.98. The second-order valence-electron chi connectivity index (χ2n) is 8.57. The Morgan fingerprint density at radius 2 is 1.90 bits per heavy atom. The third kappa shape index (κ3) is 4.08. The molecule has 0 aliphatic rings. The van der Waals surface area contributed by atoms with Crippen molar-refractivity contribution in [2.24, 2.45) is 0 Å². The number of fused-ring (bicyclic) bond motifs is 2. The van der Waals surface area contributed by atoms with E-state index in [-0.39, 0.29) is 5.56 Å². The Morgan fingerprint density at radius 3 is 2.65 bits per heavy atom. The molecule has 2 heterocycles. The van der Waals surface area contributed by atoms with Crippen LogP contribution in [0.25, 0.3) is 27.5 Å². The minimum Gasteiger partial charge on any atom is -0.442 e. The number of rotatable bonds is 4. The van der Waals surface area contributed by atoms with E-state index in [0.717, 1.165) is 24.1 Å². The number of carbonyl (C=O) groups excluding carboxylic acids is 1. The van der Waals surface area contributed by atoms with E-state index in [0.29, 0.717) is 28.5 Å². The van der Waals surface area contributed by atoms with Crippen molar-refractivity contribution in [3.05, 3.63) is 64.8 Å². The second-order valence-corrected chi connectivity index (χ2v) is 8.57. The lowest BCUT2D eigenvalue weighted by atomic mass is 10.1. The van der Waals surface area contributed by atoms with Crippen LogP contribution in [0.1, 0.15) is 46.4 Å². The molecule has 7 nitrogen and oxygen atoms in total. The van der Waals surface area contributed by atoms with Crippen molar-refractivity contribution < 1.29 is 9.53 Å². The quantitative estimate of drug-likeness (QED) is 0.473. The summed E-state index contributed by atoms with van der Waals surface area (Å²) in [6.07, 6.45) is 3.71. The molecule has 0 bridgehead atoms. The molecule has 0 radical (unpaired) electrons. The average molecular weight is 418 g/mol. The molecule has 0 saturated carbocycles. The van der Waals surface area contributed by atoms with Gasteiger partial charge in [0.1, 0.15) is 11.4 Å². The summed E-state index contributed by atoms with van der Waals surface area (Å²) in [7, 11) is 0. The molecular weight excluding hydrogens is 392 g/mol. The Labute approximate surface area is 180 Å². The van der Waals surface area contributed by atoms with Gasteiger partial charge in [-0.3, -0.25) is 9.36 Å². The van der Waals surface area contributed by atoms with Crippen molar-refractivity contribution in [1.82, 2.24) is 19.3 Å². The van der Waals surface area contributed by atoms with Crippen LogP contribution in [0.2, 0.25) is 0 Å². The summed E-state index contributed by atoms with van der Waals surface area (Å²) in [5.41, 5.74) is 1.30. The summed E-state index contributed by atoms with van der Waals surface area (Å²) < 4.78 is 8.34. The monoisotopic (exact) mass is 418 g/mol. The van der Waals surface area contributed by atoms with Crippen LogP contribution in [0.4, 0.5) is 4.79 Å². The number of hydrogen-bond donors (Lipinski definition) is 0. The fourth-order valence-corrected chi connectivity index (χ4v) is 3.56. The van der Waals surface area contributed by atoms with Crippen molar-refractivity contribution in [2.75, 3.05) is 0 Å². The Kier molecular flexibility index (Phi) is 5.35. The van der Waals surface area contributed by atoms with Crippen molar-refractivity contribution in [3.63, 3.8) is 0 Å². The van der Waals surface area contributed by atoms with E-state index in [1.54, 1.807) is 22.9 Å². The summed E-state index contributed by atoms with van der Waals surface area (Å²) in [4.78, 5) is 30.6. The van der Waals surface area contributed by atoms with Crippen molar-refractivity contribution in [3.8, 4) is 5.69 Å². The van der Waals surface area contributed by atoms with Gasteiger partial charge in [0.05, 0.1) is 28.3 Å². The van der Waals surface area contributed by atoms with Crippen molar-refractivity contribution in [2.45, 2.75) is 52.6 Å². The van der Waals surface area contributed by atoms with Gasteiger partial charge in [-0.05, 0) is 57.5 Å². The van der Waals surface area contributed by atoms with Gasteiger partial charge in [-0.25, -0.2) is 9.78 Å². The van der Waals surface area contributed by atoms with Crippen LogP contribution in [-0.2, 0) is 11.2 Å². The molecule has 0 fully saturated rings. The molecule has 0 aliphatic carbocycles. The number of aryl methyl sites for hydroxylation is 1. The summed E-state index contributed by atoms with van der Waals surface area (Å²) in [6.45, 7) is 7.55. The summed E-state index contributed by atoms with van der Waals surface area (Å²) in [6, 6.07) is 12.9. The smallest absolute Gasteiger partial charge is 0.435 e. The van der Waals surface area contributed by atoms with Gasteiger partial charge in [0.2, 0.25) is 0 Å². The molecule has 2 aromatic carbocycles. The number of aromatic nitrogens is 4. The van der Waals surface area contributed by atoms with Gasteiger partial charge in [-0.2, -0.15) is 9.78 Å². The fourth-order valence-electron chi connectivity index (χ4n) is 3.56. The van der Waals surface area contributed by atoms with E-state index >= 15 is 0 Å². The SMILES string of the molecule is CCCCc1nc2ccccc2c(=O)n1-c1ccc2c(cnn2C(=O)OC(C)(C)C)c1. The molecule has 0 amide bonds. The number of para-hydroxylation sites is 1. The lowest BCUT2D eigenvalue weighted by molar-refractivity contribution is 0.0522. The molecule has 0 spiro atoms. The average Bonchev–Trinajstić information content (AvgIpc) is 3.14. The largest absolute Gasteiger partial charge is 0.442 e. The van der Waals surface area contributed by atoms with Crippen LogP contribution < -0.4 is 5.56 Å². The first kappa shape index (κ1) is 20.8. The van der Waals surface area contributed by atoms with Gasteiger partial charge in [0.15, 0.2) is 0 Å². The zero-order valence-electron chi connectivity index (χ0n) is 18.3. The van der Waals surface area contributed by atoms with E-state index < -0.39 is 11.7 Å². The van der Waals surface area contributed by atoms with Crippen molar-refractivity contribution in [1.29, 1.82) is 0 Å². The molecule has 0 saturated heterocycles. The lowest BCUT2D eigenvalue weighted by Crippen LogP contribution is -2.27. The van der Waals surface area contributed by atoms with Gasteiger partial charge in [-0.15, -0.1) is 0 Å². The molecule has 2 aromatic heterocycles. The third-order valence-corrected chi connectivity index (χ3v) is 4.98. The minimum absolute atomic E-state index is 0.101. The number of nitrogens with zero attached hydrogens (tertiary/aromatic N) is 4. The Morgan fingerprint density at radius 1 is 1.13 bits per heavy atom. The number of carbonyl (C=O) groups is 1. The highest BCUT2D eigenvalue weighted by atomic mass is 16.6. The topological polar surface area (TPSA) is 79.0 Å². The Bertz CT molecular complexity index is 1330. The Hall–Kier alpha value is -3.48. The number of benzene rings is 2. The highest BCUT2D eigenvalue weighted by Gasteiger charge is 2.20. The highest BCUT2D eigenvalue weighted by Crippen LogP contribution is 2.21.